The normalized spacial score (nSPS) is 10.8. The molecule has 1 aromatic heterocycles. The first kappa shape index (κ1) is 17.0. The summed E-state index contributed by atoms with van der Waals surface area (Å²) in [7, 11) is 3.49. The van der Waals surface area contributed by atoms with E-state index in [1.54, 1.807) is 19.1 Å². The molecule has 0 unspecified atom stereocenters. The van der Waals surface area contributed by atoms with Gasteiger partial charge in [-0.25, -0.2) is 4.79 Å². The Hall–Kier alpha value is -2.79. The van der Waals surface area contributed by atoms with E-state index in [9.17, 15) is 4.79 Å². The zero-order chi connectivity index (χ0) is 17.6. The quantitative estimate of drug-likeness (QED) is 0.740. The number of methoxy groups -OCH3 is 1. The van der Waals surface area contributed by atoms with Crippen molar-refractivity contribution in [2.75, 3.05) is 26.1 Å². The zero-order valence-corrected chi connectivity index (χ0v) is 14.6. The SMILES string of the molecule is COCCn1ccc2cc(NC(=O)N(C)Cc3ccccc3)ccc21. The Morgan fingerprint density at radius 1 is 1.16 bits per heavy atom. The van der Waals surface area contributed by atoms with Crippen LogP contribution in [0.1, 0.15) is 5.56 Å². The first-order valence-electron chi connectivity index (χ1n) is 8.31. The van der Waals surface area contributed by atoms with Crippen LogP contribution in [-0.2, 0) is 17.8 Å². The Labute approximate surface area is 147 Å². The summed E-state index contributed by atoms with van der Waals surface area (Å²) in [5.74, 6) is 0. The molecule has 2 aromatic carbocycles. The zero-order valence-electron chi connectivity index (χ0n) is 14.6. The number of fused-ring (bicyclic) bond motifs is 1. The van der Waals surface area contributed by atoms with Gasteiger partial charge in [0.1, 0.15) is 0 Å². The largest absolute Gasteiger partial charge is 0.383 e. The minimum absolute atomic E-state index is 0.123. The second-order valence-electron chi connectivity index (χ2n) is 6.05. The lowest BCUT2D eigenvalue weighted by atomic mass is 10.2. The molecule has 5 heteroatoms. The number of ether oxygens (including phenoxy) is 1. The summed E-state index contributed by atoms with van der Waals surface area (Å²) >= 11 is 0. The number of urea groups is 1. The topological polar surface area (TPSA) is 46.5 Å². The lowest BCUT2D eigenvalue weighted by Crippen LogP contribution is -2.30. The van der Waals surface area contributed by atoms with Crippen LogP contribution in [0, 0.1) is 0 Å². The van der Waals surface area contributed by atoms with Gasteiger partial charge in [0.2, 0.25) is 0 Å². The van der Waals surface area contributed by atoms with E-state index in [1.165, 1.54) is 0 Å². The van der Waals surface area contributed by atoms with E-state index in [0.717, 1.165) is 28.7 Å². The summed E-state index contributed by atoms with van der Waals surface area (Å²) in [6.07, 6.45) is 2.04. The molecule has 0 radical (unpaired) electrons. The number of benzene rings is 2. The Morgan fingerprint density at radius 3 is 2.72 bits per heavy atom. The van der Waals surface area contributed by atoms with Gasteiger partial charge in [-0.15, -0.1) is 0 Å². The van der Waals surface area contributed by atoms with Gasteiger partial charge in [0, 0.05) is 50.0 Å². The van der Waals surface area contributed by atoms with Crippen LogP contribution in [0.5, 0.6) is 0 Å². The second-order valence-corrected chi connectivity index (χ2v) is 6.05. The van der Waals surface area contributed by atoms with Gasteiger partial charge in [-0.3, -0.25) is 0 Å². The summed E-state index contributed by atoms with van der Waals surface area (Å²) in [4.78, 5) is 14.1. The van der Waals surface area contributed by atoms with Crippen LogP contribution >= 0.6 is 0 Å². The van der Waals surface area contributed by atoms with Crippen molar-refractivity contribution in [2.45, 2.75) is 13.1 Å². The lowest BCUT2D eigenvalue weighted by Gasteiger charge is -2.18. The van der Waals surface area contributed by atoms with Crippen LogP contribution in [0.15, 0.2) is 60.8 Å². The summed E-state index contributed by atoms with van der Waals surface area (Å²) in [6, 6.07) is 17.8. The number of rotatable bonds is 6. The summed E-state index contributed by atoms with van der Waals surface area (Å²) in [5.41, 5.74) is 3.03. The highest BCUT2D eigenvalue weighted by Gasteiger charge is 2.10. The fourth-order valence-electron chi connectivity index (χ4n) is 2.81. The van der Waals surface area contributed by atoms with Crippen molar-refractivity contribution in [3.05, 3.63) is 66.4 Å². The highest BCUT2D eigenvalue weighted by atomic mass is 16.5. The molecule has 25 heavy (non-hydrogen) atoms. The fraction of sp³-hybridized carbons (Fsp3) is 0.250. The molecule has 3 aromatic rings. The number of nitrogens with zero attached hydrogens (tertiary/aromatic N) is 2. The van der Waals surface area contributed by atoms with Crippen LogP contribution in [0.4, 0.5) is 10.5 Å². The van der Waals surface area contributed by atoms with Crippen molar-refractivity contribution in [3.63, 3.8) is 0 Å². The van der Waals surface area contributed by atoms with Gasteiger partial charge in [0.25, 0.3) is 0 Å². The third-order valence-corrected chi connectivity index (χ3v) is 4.17. The molecule has 3 rings (SSSR count). The summed E-state index contributed by atoms with van der Waals surface area (Å²) in [6.45, 7) is 2.06. The minimum atomic E-state index is -0.123. The highest BCUT2D eigenvalue weighted by molar-refractivity contribution is 5.92. The standard InChI is InChI=1S/C20H23N3O2/c1-22(15-16-6-4-3-5-7-16)20(24)21-18-8-9-19-17(14-18)10-11-23(19)12-13-25-2/h3-11,14H,12-13,15H2,1-2H3,(H,21,24). The first-order valence-corrected chi connectivity index (χ1v) is 8.31. The molecule has 0 bridgehead atoms. The molecule has 0 fully saturated rings. The average molecular weight is 337 g/mol. The predicted molar refractivity (Wildman–Crippen MR) is 101 cm³/mol. The average Bonchev–Trinajstić information content (AvgIpc) is 3.03. The molecular weight excluding hydrogens is 314 g/mol. The van der Waals surface area contributed by atoms with Gasteiger partial charge in [-0.2, -0.15) is 0 Å². The van der Waals surface area contributed by atoms with Crippen LogP contribution in [0.3, 0.4) is 0 Å². The first-order chi connectivity index (χ1) is 12.2. The summed E-state index contributed by atoms with van der Waals surface area (Å²) in [5, 5.41) is 4.06. The molecule has 130 valence electrons. The van der Waals surface area contributed by atoms with Crippen LogP contribution in [-0.4, -0.2) is 36.3 Å². The highest BCUT2D eigenvalue weighted by Crippen LogP contribution is 2.21. The molecule has 0 spiro atoms. The molecule has 0 aliphatic heterocycles. The smallest absolute Gasteiger partial charge is 0.321 e. The van der Waals surface area contributed by atoms with Crippen molar-refractivity contribution < 1.29 is 9.53 Å². The fourth-order valence-corrected chi connectivity index (χ4v) is 2.81. The number of anilines is 1. The lowest BCUT2D eigenvalue weighted by molar-refractivity contribution is 0.188. The second kappa shape index (κ2) is 7.85. The van der Waals surface area contributed by atoms with E-state index in [1.807, 2.05) is 60.8 Å². The van der Waals surface area contributed by atoms with Gasteiger partial charge in [0.05, 0.1) is 6.61 Å². The number of hydrogen-bond acceptors (Lipinski definition) is 2. The van der Waals surface area contributed by atoms with Crippen LogP contribution in [0.2, 0.25) is 0 Å². The third-order valence-electron chi connectivity index (χ3n) is 4.17. The molecule has 0 atom stereocenters. The van der Waals surface area contributed by atoms with E-state index in [0.29, 0.717) is 13.2 Å². The number of aromatic nitrogens is 1. The summed E-state index contributed by atoms with van der Waals surface area (Å²) < 4.78 is 7.28. The Kier molecular flexibility index (Phi) is 5.36. The molecule has 5 nitrogen and oxygen atoms in total. The molecule has 1 heterocycles. The van der Waals surface area contributed by atoms with E-state index >= 15 is 0 Å². The molecule has 1 N–H and O–H groups in total. The molecule has 0 saturated carbocycles. The van der Waals surface area contributed by atoms with E-state index in [2.05, 4.69) is 9.88 Å². The van der Waals surface area contributed by atoms with Crippen molar-refractivity contribution >= 4 is 22.6 Å². The molecule has 2 amide bonds. The maximum Gasteiger partial charge on any atom is 0.321 e. The number of carbonyl (C=O) groups is 1. The Morgan fingerprint density at radius 2 is 1.96 bits per heavy atom. The van der Waals surface area contributed by atoms with Crippen LogP contribution in [0.25, 0.3) is 10.9 Å². The van der Waals surface area contributed by atoms with E-state index in [4.69, 9.17) is 4.74 Å². The van der Waals surface area contributed by atoms with Gasteiger partial charge in [-0.05, 0) is 29.8 Å². The van der Waals surface area contributed by atoms with Gasteiger partial charge in [-0.1, -0.05) is 30.3 Å². The maximum atomic E-state index is 12.4. The molecule has 0 saturated heterocycles. The number of amides is 2. The molecule has 0 aliphatic rings. The number of hydrogen-bond donors (Lipinski definition) is 1. The van der Waals surface area contributed by atoms with Crippen LogP contribution < -0.4 is 5.32 Å². The Bertz CT molecular complexity index is 843. The monoisotopic (exact) mass is 337 g/mol. The van der Waals surface area contributed by atoms with Gasteiger partial charge in [0.15, 0.2) is 0 Å². The van der Waals surface area contributed by atoms with Crippen molar-refractivity contribution in [2.24, 2.45) is 0 Å². The van der Waals surface area contributed by atoms with Gasteiger partial charge >= 0.3 is 6.03 Å². The molecule has 0 aliphatic carbocycles. The number of nitrogens with one attached hydrogen (secondary N) is 1. The van der Waals surface area contributed by atoms with Crippen molar-refractivity contribution in [1.29, 1.82) is 0 Å². The van der Waals surface area contributed by atoms with E-state index in [-0.39, 0.29) is 6.03 Å². The van der Waals surface area contributed by atoms with E-state index < -0.39 is 0 Å². The van der Waals surface area contributed by atoms with Crippen molar-refractivity contribution in [1.82, 2.24) is 9.47 Å². The predicted octanol–water partition coefficient (Wildman–Crippen LogP) is 3.95. The Balaban J connectivity index is 1.66. The third kappa shape index (κ3) is 4.19. The van der Waals surface area contributed by atoms with Crippen molar-refractivity contribution in [3.8, 4) is 0 Å². The minimum Gasteiger partial charge on any atom is -0.383 e. The molecular formula is C20H23N3O2. The maximum absolute atomic E-state index is 12.4. The number of carbonyl (C=O) groups excluding carboxylic acids is 1. The van der Waals surface area contributed by atoms with Gasteiger partial charge < -0.3 is 19.5 Å².